The molecule has 13 heavy (non-hydrogen) atoms. The molecule has 3 heteroatoms. The molecule has 72 valence electrons. The largest absolute Gasteiger partial charge is 0.313 e. The van der Waals surface area contributed by atoms with Crippen molar-refractivity contribution in [2.75, 3.05) is 11.9 Å². The van der Waals surface area contributed by atoms with Crippen LogP contribution < -0.4 is 5.32 Å². The SMILES string of the molecule is BrCCCNCc1ccc(Br)cc1. The minimum atomic E-state index is 0.959. The Kier molecular flexibility index (Phi) is 5.67. The van der Waals surface area contributed by atoms with E-state index in [9.17, 15) is 0 Å². The maximum absolute atomic E-state index is 3.41. The van der Waals surface area contributed by atoms with Gasteiger partial charge >= 0.3 is 0 Å². The first kappa shape index (κ1) is 11.2. The Labute approximate surface area is 96.2 Å². The summed E-state index contributed by atoms with van der Waals surface area (Å²) >= 11 is 6.81. The van der Waals surface area contributed by atoms with Crippen LogP contribution in [0.3, 0.4) is 0 Å². The van der Waals surface area contributed by atoms with Gasteiger partial charge in [-0.15, -0.1) is 0 Å². The van der Waals surface area contributed by atoms with Gasteiger partial charge in [0.25, 0.3) is 0 Å². The monoisotopic (exact) mass is 305 g/mol. The van der Waals surface area contributed by atoms with Crippen LogP contribution in [0.1, 0.15) is 12.0 Å². The second-order valence-electron chi connectivity index (χ2n) is 2.85. The summed E-state index contributed by atoms with van der Waals surface area (Å²) in [6.45, 7) is 2.03. The molecular weight excluding hydrogens is 294 g/mol. The molecule has 0 amide bonds. The molecule has 0 radical (unpaired) electrons. The van der Waals surface area contributed by atoms with Crippen molar-refractivity contribution >= 4 is 31.9 Å². The lowest BCUT2D eigenvalue weighted by Crippen LogP contribution is -2.14. The molecule has 0 unspecified atom stereocenters. The zero-order valence-corrected chi connectivity index (χ0v) is 10.6. The second kappa shape index (κ2) is 6.57. The van der Waals surface area contributed by atoms with Gasteiger partial charge in [0.2, 0.25) is 0 Å². The minimum absolute atomic E-state index is 0.959. The zero-order chi connectivity index (χ0) is 9.52. The molecule has 0 aliphatic heterocycles. The van der Waals surface area contributed by atoms with Gasteiger partial charge < -0.3 is 5.32 Å². The van der Waals surface area contributed by atoms with Gasteiger partial charge in [-0.25, -0.2) is 0 Å². The Hall–Kier alpha value is 0.140. The Morgan fingerprint density at radius 3 is 2.46 bits per heavy atom. The molecule has 1 aromatic carbocycles. The number of alkyl halides is 1. The van der Waals surface area contributed by atoms with E-state index in [1.807, 2.05) is 0 Å². The summed E-state index contributed by atoms with van der Waals surface area (Å²) in [7, 11) is 0. The first-order valence-corrected chi connectivity index (χ1v) is 6.25. The average Bonchev–Trinajstić information content (AvgIpc) is 2.15. The lowest BCUT2D eigenvalue weighted by Gasteiger charge is -2.03. The van der Waals surface area contributed by atoms with Crippen LogP contribution in [0.5, 0.6) is 0 Å². The summed E-state index contributed by atoms with van der Waals surface area (Å²) in [5, 5.41) is 4.45. The topological polar surface area (TPSA) is 12.0 Å². The van der Waals surface area contributed by atoms with Gasteiger partial charge in [-0.1, -0.05) is 44.0 Å². The number of hydrogen-bond donors (Lipinski definition) is 1. The van der Waals surface area contributed by atoms with Gasteiger partial charge in [-0.3, -0.25) is 0 Å². The molecule has 1 N–H and O–H groups in total. The summed E-state index contributed by atoms with van der Waals surface area (Å²) in [6, 6.07) is 8.40. The minimum Gasteiger partial charge on any atom is -0.313 e. The molecule has 0 fully saturated rings. The maximum Gasteiger partial charge on any atom is 0.0205 e. The fourth-order valence-corrected chi connectivity index (χ4v) is 1.57. The van der Waals surface area contributed by atoms with Crippen LogP contribution >= 0.6 is 31.9 Å². The lowest BCUT2D eigenvalue weighted by molar-refractivity contribution is 0.680. The number of hydrogen-bond acceptors (Lipinski definition) is 1. The molecule has 0 aliphatic rings. The van der Waals surface area contributed by atoms with Crippen molar-refractivity contribution in [3.8, 4) is 0 Å². The summed E-state index contributed by atoms with van der Waals surface area (Å²) in [6.07, 6.45) is 1.18. The molecule has 0 spiro atoms. The molecular formula is C10H13Br2N. The standard InChI is InChI=1S/C10H13Br2N/c11-6-1-7-13-8-9-2-4-10(12)5-3-9/h2-5,13H,1,6-8H2. The van der Waals surface area contributed by atoms with E-state index in [4.69, 9.17) is 0 Å². The Balaban J connectivity index is 2.25. The first-order valence-electron chi connectivity index (χ1n) is 4.34. The van der Waals surface area contributed by atoms with Gasteiger partial charge in [0, 0.05) is 16.3 Å². The van der Waals surface area contributed by atoms with Gasteiger partial charge in [0.15, 0.2) is 0 Å². The highest BCUT2D eigenvalue weighted by Gasteiger charge is 1.91. The van der Waals surface area contributed by atoms with Crippen LogP contribution in [-0.4, -0.2) is 11.9 Å². The van der Waals surface area contributed by atoms with Gasteiger partial charge in [-0.2, -0.15) is 0 Å². The molecule has 0 aromatic heterocycles. The quantitative estimate of drug-likeness (QED) is 0.650. The van der Waals surface area contributed by atoms with Crippen molar-refractivity contribution in [3.05, 3.63) is 34.3 Å². The molecule has 0 heterocycles. The van der Waals surface area contributed by atoms with Crippen LogP contribution in [0.2, 0.25) is 0 Å². The third-order valence-corrected chi connectivity index (χ3v) is 2.82. The molecule has 0 atom stereocenters. The van der Waals surface area contributed by atoms with E-state index in [1.54, 1.807) is 0 Å². The highest BCUT2D eigenvalue weighted by Crippen LogP contribution is 2.10. The summed E-state index contributed by atoms with van der Waals surface area (Å²) in [5.74, 6) is 0. The van der Waals surface area contributed by atoms with Crippen LogP contribution in [0.4, 0.5) is 0 Å². The zero-order valence-electron chi connectivity index (χ0n) is 7.39. The first-order chi connectivity index (χ1) is 6.33. The van der Waals surface area contributed by atoms with Crippen LogP contribution in [0, 0.1) is 0 Å². The van der Waals surface area contributed by atoms with E-state index in [2.05, 4.69) is 61.4 Å². The smallest absolute Gasteiger partial charge is 0.0205 e. The van der Waals surface area contributed by atoms with E-state index >= 15 is 0 Å². The van der Waals surface area contributed by atoms with E-state index in [0.29, 0.717) is 0 Å². The van der Waals surface area contributed by atoms with Crippen molar-refractivity contribution in [2.24, 2.45) is 0 Å². The average molecular weight is 307 g/mol. The highest BCUT2D eigenvalue weighted by atomic mass is 79.9. The number of rotatable bonds is 5. The molecule has 0 saturated heterocycles. The molecule has 0 bridgehead atoms. The normalized spacial score (nSPS) is 10.3. The molecule has 1 rings (SSSR count). The maximum atomic E-state index is 3.41. The Morgan fingerprint density at radius 2 is 1.85 bits per heavy atom. The van der Waals surface area contributed by atoms with Crippen LogP contribution in [0.25, 0.3) is 0 Å². The predicted octanol–water partition coefficient (Wildman–Crippen LogP) is 3.32. The Bertz CT molecular complexity index is 233. The van der Waals surface area contributed by atoms with Crippen molar-refractivity contribution in [3.63, 3.8) is 0 Å². The van der Waals surface area contributed by atoms with Gasteiger partial charge in [-0.05, 0) is 30.7 Å². The molecule has 1 nitrogen and oxygen atoms in total. The van der Waals surface area contributed by atoms with Crippen LogP contribution in [0.15, 0.2) is 28.7 Å². The van der Waals surface area contributed by atoms with E-state index in [0.717, 1.165) is 22.9 Å². The lowest BCUT2D eigenvalue weighted by atomic mass is 10.2. The van der Waals surface area contributed by atoms with E-state index < -0.39 is 0 Å². The van der Waals surface area contributed by atoms with E-state index in [1.165, 1.54) is 12.0 Å². The Morgan fingerprint density at radius 1 is 1.15 bits per heavy atom. The van der Waals surface area contributed by atoms with Gasteiger partial charge in [0.1, 0.15) is 0 Å². The van der Waals surface area contributed by atoms with Crippen molar-refractivity contribution in [1.29, 1.82) is 0 Å². The highest BCUT2D eigenvalue weighted by molar-refractivity contribution is 9.10. The molecule has 0 aliphatic carbocycles. The van der Waals surface area contributed by atoms with Crippen LogP contribution in [-0.2, 0) is 6.54 Å². The van der Waals surface area contributed by atoms with E-state index in [-0.39, 0.29) is 0 Å². The molecule has 0 saturated carbocycles. The fraction of sp³-hybridized carbons (Fsp3) is 0.400. The predicted molar refractivity (Wildman–Crippen MR) is 64.3 cm³/mol. The fourth-order valence-electron chi connectivity index (χ4n) is 1.03. The molecule has 1 aromatic rings. The number of nitrogens with one attached hydrogen (secondary N) is 1. The van der Waals surface area contributed by atoms with Crippen molar-refractivity contribution in [2.45, 2.75) is 13.0 Å². The summed E-state index contributed by atoms with van der Waals surface area (Å²) in [5.41, 5.74) is 1.33. The number of halogens is 2. The summed E-state index contributed by atoms with van der Waals surface area (Å²) in [4.78, 5) is 0. The second-order valence-corrected chi connectivity index (χ2v) is 4.55. The van der Waals surface area contributed by atoms with Gasteiger partial charge in [0.05, 0.1) is 0 Å². The third kappa shape index (κ3) is 4.79. The van der Waals surface area contributed by atoms with Crippen molar-refractivity contribution in [1.82, 2.24) is 5.32 Å². The summed E-state index contributed by atoms with van der Waals surface area (Å²) < 4.78 is 1.14. The third-order valence-electron chi connectivity index (χ3n) is 1.73. The van der Waals surface area contributed by atoms with Crippen molar-refractivity contribution < 1.29 is 0 Å². The number of benzene rings is 1.